The van der Waals surface area contributed by atoms with Crippen molar-refractivity contribution in [3.8, 4) is 0 Å². The zero-order chi connectivity index (χ0) is 15.6. The lowest BCUT2D eigenvalue weighted by molar-refractivity contribution is -0.115. The van der Waals surface area contributed by atoms with Gasteiger partial charge in [0.05, 0.1) is 6.42 Å². The third-order valence-electron chi connectivity index (χ3n) is 3.21. The minimum Gasteiger partial charge on any atom is -0.321 e. The highest BCUT2D eigenvalue weighted by atomic mass is 79.9. The zero-order valence-electron chi connectivity index (χ0n) is 11.6. The summed E-state index contributed by atoms with van der Waals surface area (Å²) in [5.41, 5.74) is 2.58. The van der Waals surface area contributed by atoms with E-state index in [-0.39, 0.29) is 10.9 Å². The Morgan fingerprint density at radius 2 is 1.71 bits per heavy atom. The molecule has 21 heavy (non-hydrogen) atoms. The average Bonchev–Trinajstić information content (AvgIpc) is 2.38. The molecule has 0 bridgehead atoms. The largest absolute Gasteiger partial charge is 0.321 e. The summed E-state index contributed by atoms with van der Waals surface area (Å²) in [5.74, 6) is -2.08. The van der Waals surface area contributed by atoms with Crippen molar-refractivity contribution in [2.75, 3.05) is 5.32 Å². The number of aryl methyl sites for hydroxylation is 2. The van der Waals surface area contributed by atoms with E-state index in [4.69, 9.17) is 0 Å². The topological polar surface area (TPSA) is 29.1 Å². The molecular formula is C16H14BrF2NO. The molecule has 0 aliphatic rings. The van der Waals surface area contributed by atoms with E-state index in [0.29, 0.717) is 0 Å². The van der Waals surface area contributed by atoms with Crippen molar-refractivity contribution in [2.24, 2.45) is 0 Å². The zero-order valence-corrected chi connectivity index (χ0v) is 13.2. The fourth-order valence-corrected chi connectivity index (χ4v) is 2.35. The van der Waals surface area contributed by atoms with E-state index in [1.54, 1.807) is 0 Å². The predicted octanol–water partition coefficient (Wildman–Crippen LogP) is 4.53. The van der Waals surface area contributed by atoms with Gasteiger partial charge in [0.15, 0.2) is 11.6 Å². The first kappa shape index (κ1) is 15.6. The van der Waals surface area contributed by atoms with Crippen molar-refractivity contribution in [3.63, 3.8) is 0 Å². The van der Waals surface area contributed by atoms with Crippen LogP contribution in [0.15, 0.2) is 34.8 Å². The maximum absolute atomic E-state index is 13.6. The molecule has 5 heteroatoms. The molecule has 0 fully saturated rings. The minimum absolute atomic E-state index is 0.0655. The van der Waals surface area contributed by atoms with Gasteiger partial charge in [-0.1, -0.05) is 34.1 Å². The Kier molecular flexibility index (Phi) is 4.73. The van der Waals surface area contributed by atoms with Gasteiger partial charge in [-0.25, -0.2) is 8.78 Å². The molecule has 0 aliphatic carbocycles. The summed E-state index contributed by atoms with van der Waals surface area (Å²) in [6.45, 7) is 3.93. The van der Waals surface area contributed by atoms with Crippen LogP contribution in [0.1, 0.15) is 16.7 Å². The first-order chi connectivity index (χ1) is 9.86. The van der Waals surface area contributed by atoms with E-state index in [1.807, 2.05) is 32.0 Å². The quantitative estimate of drug-likeness (QED) is 0.863. The molecule has 0 aromatic heterocycles. The van der Waals surface area contributed by atoms with E-state index in [9.17, 15) is 13.6 Å². The van der Waals surface area contributed by atoms with Gasteiger partial charge in [0.25, 0.3) is 0 Å². The lowest BCUT2D eigenvalue weighted by atomic mass is 10.0. The highest BCUT2D eigenvalue weighted by Gasteiger charge is 2.14. The molecule has 0 saturated heterocycles. The summed E-state index contributed by atoms with van der Waals surface area (Å²) in [4.78, 5) is 11.9. The standard InChI is InChI=1S/C16H14BrF2NO/c1-9-3-4-11(5-10(9)2)6-15(21)20-16-13(18)7-12(17)8-14(16)19/h3-5,7-8H,6H2,1-2H3,(H,20,21). The second-order valence-electron chi connectivity index (χ2n) is 4.89. The molecular weight excluding hydrogens is 340 g/mol. The number of halogens is 3. The lowest BCUT2D eigenvalue weighted by Gasteiger charge is -2.09. The van der Waals surface area contributed by atoms with Gasteiger partial charge in [-0.3, -0.25) is 4.79 Å². The highest BCUT2D eigenvalue weighted by molar-refractivity contribution is 9.10. The molecule has 1 N–H and O–H groups in total. The van der Waals surface area contributed by atoms with Crippen molar-refractivity contribution in [1.29, 1.82) is 0 Å². The van der Waals surface area contributed by atoms with E-state index in [2.05, 4.69) is 21.2 Å². The number of carbonyl (C=O) groups excluding carboxylic acids is 1. The summed E-state index contributed by atoms with van der Waals surface area (Å²) in [6, 6.07) is 7.85. The number of hydrogen-bond donors (Lipinski definition) is 1. The predicted molar refractivity (Wildman–Crippen MR) is 82.3 cm³/mol. The third kappa shape index (κ3) is 3.88. The van der Waals surface area contributed by atoms with Crippen LogP contribution >= 0.6 is 15.9 Å². The van der Waals surface area contributed by atoms with Crippen LogP contribution in [-0.4, -0.2) is 5.91 Å². The van der Waals surface area contributed by atoms with Crippen LogP contribution in [0.25, 0.3) is 0 Å². The van der Waals surface area contributed by atoms with Gasteiger partial charge in [0.2, 0.25) is 5.91 Å². The third-order valence-corrected chi connectivity index (χ3v) is 3.67. The monoisotopic (exact) mass is 353 g/mol. The molecule has 110 valence electrons. The van der Waals surface area contributed by atoms with Crippen LogP contribution in [-0.2, 0) is 11.2 Å². The van der Waals surface area contributed by atoms with Crippen LogP contribution in [0.2, 0.25) is 0 Å². The summed E-state index contributed by atoms with van der Waals surface area (Å²) in [6.07, 6.45) is 0.0655. The first-order valence-electron chi connectivity index (χ1n) is 6.37. The maximum Gasteiger partial charge on any atom is 0.228 e. The maximum atomic E-state index is 13.6. The van der Waals surface area contributed by atoms with Crippen LogP contribution < -0.4 is 5.32 Å². The summed E-state index contributed by atoms with van der Waals surface area (Å²) < 4.78 is 27.6. The normalized spacial score (nSPS) is 10.5. The summed E-state index contributed by atoms with van der Waals surface area (Å²) >= 11 is 2.99. The van der Waals surface area contributed by atoms with Gasteiger partial charge in [0.1, 0.15) is 5.69 Å². The van der Waals surface area contributed by atoms with Crippen molar-refractivity contribution in [1.82, 2.24) is 0 Å². The van der Waals surface area contributed by atoms with Gasteiger partial charge in [-0.05, 0) is 42.7 Å². The Labute approximate surface area is 130 Å². The first-order valence-corrected chi connectivity index (χ1v) is 7.16. The Balaban J connectivity index is 2.13. The molecule has 0 spiro atoms. The smallest absolute Gasteiger partial charge is 0.228 e. The van der Waals surface area contributed by atoms with Crippen molar-refractivity contribution in [2.45, 2.75) is 20.3 Å². The Bertz CT molecular complexity index is 678. The number of hydrogen-bond acceptors (Lipinski definition) is 1. The van der Waals surface area contributed by atoms with E-state index in [1.165, 1.54) is 0 Å². The van der Waals surface area contributed by atoms with E-state index >= 15 is 0 Å². The molecule has 2 aromatic rings. The highest BCUT2D eigenvalue weighted by Crippen LogP contribution is 2.24. The van der Waals surface area contributed by atoms with Gasteiger partial charge >= 0.3 is 0 Å². The molecule has 0 heterocycles. The fraction of sp³-hybridized carbons (Fsp3) is 0.188. The molecule has 2 rings (SSSR count). The molecule has 0 radical (unpaired) electrons. The van der Waals surface area contributed by atoms with Crippen LogP contribution in [0.5, 0.6) is 0 Å². The van der Waals surface area contributed by atoms with Crippen molar-refractivity contribution in [3.05, 3.63) is 63.1 Å². The Morgan fingerprint density at radius 3 is 2.29 bits per heavy atom. The summed E-state index contributed by atoms with van der Waals surface area (Å²) in [7, 11) is 0. The number of benzene rings is 2. The second kappa shape index (κ2) is 6.35. The minimum atomic E-state index is -0.810. The van der Waals surface area contributed by atoms with Crippen molar-refractivity contribution >= 4 is 27.5 Å². The number of amides is 1. The average molecular weight is 354 g/mol. The molecule has 1 amide bonds. The number of rotatable bonds is 3. The van der Waals surface area contributed by atoms with Gasteiger partial charge in [-0.2, -0.15) is 0 Å². The van der Waals surface area contributed by atoms with Crippen LogP contribution in [0, 0.1) is 25.5 Å². The Morgan fingerprint density at radius 1 is 1.10 bits per heavy atom. The van der Waals surface area contributed by atoms with Gasteiger partial charge in [-0.15, -0.1) is 0 Å². The van der Waals surface area contributed by atoms with Crippen LogP contribution in [0.3, 0.4) is 0 Å². The molecule has 0 saturated carbocycles. The molecule has 0 aliphatic heterocycles. The van der Waals surface area contributed by atoms with Gasteiger partial charge in [0, 0.05) is 4.47 Å². The Hall–Kier alpha value is -1.75. The SMILES string of the molecule is Cc1ccc(CC(=O)Nc2c(F)cc(Br)cc2F)cc1C. The van der Waals surface area contributed by atoms with E-state index in [0.717, 1.165) is 28.8 Å². The van der Waals surface area contributed by atoms with E-state index < -0.39 is 23.2 Å². The van der Waals surface area contributed by atoms with Gasteiger partial charge < -0.3 is 5.32 Å². The molecule has 0 atom stereocenters. The molecule has 2 nitrogen and oxygen atoms in total. The molecule has 2 aromatic carbocycles. The van der Waals surface area contributed by atoms with Crippen LogP contribution in [0.4, 0.5) is 14.5 Å². The number of carbonyl (C=O) groups is 1. The summed E-state index contributed by atoms with van der Waals surface area (Å²) in [5, 5.41) is 2.28. The van der Waals surface area contributed by atoms with Crippen molar-refractivity contribution < 1.29 is 13.6 Å². The molecule has 0 unspecified atom stereocenters. The number of anilines is 1. The lowest BCUT2D eigenvalue weighted by Crippen LogP contribution is -2.16. The fourth-order valence-electron chi connectivity index (χ4n) is 1.94. The second-order valence-corrected chi connectivity index (χ2v) is 5.80. The number of nitrogens with one attached hydrogen (secondary N) is 1.